The fourth-order valence-corrected chi connectivity index (χ4v) is 3.86. The maximum absolute atomic E-state index is 12.8. The molecule has 2 aliphatic heterocycles. The fourth-order valence-electron chi connectivity index (χ4n) is 3.86. The van der Waals surface area contributed by atoms with Crippen molar-refractivity contribution in [1.29, 1.82) is 0 Å². The highest BCUT2D eigenvalue weighted by Crippen LogP contribution is 2.37. The van der Waals surface area contributed by atoms with Gasteiger partial charge in [-0.15, -0.1) is 0 Å². The molecule has 0 aliphatic carbocycles. The standard InChI is InChI=1S/C22H26N2O3/c1-23(18-7-3-2-4-8-18)22(25)16-24-12-5-9-19(24)17-10-11-20-21(15-17)27-14-6-13-26-20/h2-4,7-8,10-11,15,19H,5-6,9,12-14,16H2,1H3. The lowest BCUT2D eigenvalue weighted by molar-refractivity contribution is -0.119. The van der Waals surface area contributed by atoms with Gasteiger partial charge in [-0.1, -0.05) is 24.3 Å². The van der Waals surface area contributed by atoms with Crippen LogP contribution in [0.5, 0.6) is 11.5 Å². The number of likely N-dealkylation sites (tertiary alicyclic amines) is 1. The average molecular weight is 366 g/mol. The number of rotatable bonds is 4. The molecule has 0 spiro atoms. The number of carbonyl (C=O) groups is 1. The highest BCUT2D eigenvalue weighted by Gasteiger charge is 2.29. The molecular weight excluding hydrogens is 340 g/mol. The first kappa shape index (κ1) is 17.9. The summed E-state index contributed by atoms with van der Waals surface area (Å²) in [5.74, 6) is 1.76. The SMILES string of the molecule is CN(C(=O)CN1CCCC1c1ccc2c(c1)OCCCO2)c1ccccc1. The van der Waals surface area contributed by atoms with Crippen molar-refractivity contribution in [2.75, 3.05) is 38.3 Å². The lowest BCUT2D eigenvalue weighted by Crippen LogP contribution is -2.38. The normalized spacial score (nSPS) is 19.5. The van der Waals surface area contributed by atoms with Gasteiger partial charge in [0.1, 0.15) is 0 Å². The first-order valence-electron chi connectivity index (χ1n) is 9.67. The molecule has 1 unspecified atom stereocenters. The van der Waals surface area contributed by atoms with Gasteiger partial charge in [0.2, 0.25) is 5.91 Å². The molecule has 0 aromatic heterocycles. The van der Waals surface area contributed by atoms with E-state index in [0.29, 0.717) is 19.8 Å². The number of hydrogen-bond donors (Lipinski definition) is 0. The van der Waals surface area contributed by atoms with Gasteiger partial charge in [0, 0.05) is 25.2 Å². The number of carbonyl (C=O) groups excluding carboxylic acids is 1. The van der Waals surface area contributed by atoms with E-state index >= 15 is 0 Å². The van der Waals surface area contributed by atoms with Crippen LogP contribution >= 0.6 is 0 Å². The van der Waals surface area contributed by atoms with E-state index in [0.717, 1.165) is 43.0 Å². The predicted molar refractivity (Wildman–Crippen MR) is 105 cm³/mol. The maximum atomic E-state index is 12.8. The summed E-state index contributed by atoms with van der Waals surface area (Å²) in [6.07, 6.45) is 3.06. The zero-order valence-electron chi connectivity index (χ0n) is 15.8. The summed E-state index contributed by atoms with van der Waals surface area (Å²) in [5.41, 5.74) is 2.13. The van der Waals surface area contributed by atoms with Crippen molar-refractivity contribution in [3.8, 4) is 11.5 Å². The molecule has 1 fully saturated rings. The van der Waals surface area contributed by atoms with Crippen LogP contribution in [0.25, 0.3) is 0 Å². The van der Waals surface area contributed by atoms with E-state index in [2.05, 4.69) is 17.0 Å². The molecule has 0 bridgehead atoms. The Bertz CT molecular complexity index is 793. The molecule has 0 radical (unpaired) electrons. The Hall–Kier alpha value is -2.53. The molecule has 2 aromatic rings. The summed E-state index contributed by atoms with van der Waals surface area (Å²) >= 11 is 0. The smallest absolute Gasteiger partial charge is 0.240 e. The molecule has 142 valence electrons. The van der Waals surface area contributed by atoms with Crippen LogP contribution in [-0.4, -0.2) is 44.2 Å². The molecule has 27 heavy (non-hydrogen) atoms. The van der Waals surface area contributed by atoms with Gasteiger partial charge in [0.25, 0.3) is 0 Å². The lowest BCUT2D eigenvalue weighted by Gasteiger charge is -2.27. The molecule has 1 saturated heterocycles. The van der Waals surface area contributed by atoms with E-state index in [9.17, 15) is 4.79 Å². The number of amides is 1. The van der Waals surface area contributed by atoms with Gasteiger partial charge in [0.05, 0.1) is 19.8 Å². The fraction of sp³-hybridized carbons (Fsp3) is 0.409. The first-order chi connectivity index (χ1) is 13.2. The van der Waals surface area contributed by atoms with Crippen molar-refractivity contribution in [2.24, 2.45) is 0 Å². The number of benzene rings is 2. The summed E-state index contributed by atoms with van der Waals surface area (Å²) in [4.78, 5) is 16.8. The summed E-state index contributed by atoms with van der Waals surface area (Å²) in [6.45, 7) is 2.74. The summed E-state index contributed by atoms with van der Waals surface area (Å²) in [7, 11) is 1.84. The van der Waals surface area contributed by atoms with E-state index in [-0.39, 0.29) is 11.9 Å². The minimum Gasteiger partial charge on any atom is -0.490 e. The van der Waals surface area contributed by atoms with Crippen LogP contribution in [0.1, 0.15) is 30.9 Å². The third-order valence-corrected chi connectivity index (χ3v) is 5.38. The Morgan fingerprint density at radius 1 is 1.07 bits per heavy atom. The molecule has 0 saturated carbocycles. The number of anilines is 1. The first-order valence-corrected chi connectivity index (χ1v) is 9.67. The third kappa shape index (κ3) is 3.93. The molecular formula is C22H26N2O3. The monoisotopic (exact) mass is 366 g/mol. The molecule has 2 heterocycles. The predicted octanol–water partition coefficient (Wildman–Crippen LogP) is 3.65. The van der Waals surface area contributed by atoms with Gasteiger partial charge in [-0.3, -0.25) is 9.69 Å². The van der Waals surface area contributed by atoms with Gasteiger partial charge in [-0.05, 0) is 49.2 Å². The maximum Gasteiger partial charge on any atom is 0.240 e. The number of ether oxygens (including phenoxy) is 2. The van der Waals surface area contributed by atoms with Crippen LogP contribution in [0.2, 0.25) is 0 Å². The Morgan fingerprint density at radius 2 is 1.85 bits per heavy atom. The third-order valence-electron chi connectivity index (χ3n) is 5.38. The van der Waals surface area contributed by atoms with Gasteiger partial charge in [0.15, 0.2) is 11.5 Å². The second-order valence-electron chi connectivity index (χ2n) is 7.17. The van der Waals surface area contributed by atoms with E-state index < -0.39 is 0 Å². The zero-order valence-corrected chi connectivity index (χ0v) is 15.8. The summed E-state index contributed by atoms with van der Waals surface area (Å²) < 4.78 is 11.6. The van der Waals surface area contributed by atoms with Crippen molar-refractivity contribution < 1.29 is 14.3 Å². The van der Waals surface area contributed by atoms with Crippen molar-refractivity contribution in [3.05, 3.63) is 54.1 Å². The van der Waals surface area contributed by atoms with E-state index in [1.54, 1.807) is 4.90 Å². The van der Waals surface area contributed by atoms with Gasteiger partial charge < -0.3 is 14.4 Å². The molecule has 1 atom stereocenters. The van der Waals surface area contributed by atoms with Crippen LogP contribution in [0.15, 0.2) is 48.5 Å². The average Bonchev–Trinajstić information content (AvgIpc) is 3.03. The van der Waals surface area contributed by atoms with Crippen molar-refractivity contribution >= 4 is 11.6 Å². The van der Waals surface area contributed by atoms with E-state index in [4.69, 9.17) is 9.47 Å². The van der Waals surface area contributed by atoms with Gasteiger partial charge in [-0.2, -0.15) is 0 Å². The highest BCUT2D eigenvalue weighted by molar-refractivity contribution is 5.94. The van der Waals surface area contributed by atoms with Crippen molar-refractivity contribution in [1.82, 2.24) is 4.90 Å². The van der Waals surface area contributed by atoms with Gasteiger partial charge in [-0.25, -0.2) is 0 Å². The van der Waals surface area contributed by atoms with Crippen molar-refractivity contribution in [3.63, 3.8) is 0 Å². The quantitative estimate of drug-likeness (QED) is 0.828. The van der Waals surface area contributed by atoms with Crippen LogP contribution in [0, 0.1) is 0 Å². The second-order valence-corrected chi connectivity index (χ2v) is 7.17. The van der Waals surface area contributed by atoms with Crippen molar-refractivity contribution in [2.45, 2.75) is 25.3 Å². The minimum atomic E-state index is 0.113. The largest absolute Gasteiger partial charge is 0.490 e. The zero-order chi connectivity index (χ0) is 18.6. The topological polar surface area (TPSA) is 42.0 Å². The Balaban J connectivity index is 1.48. The molecule has 5 nitrogen and oxygen atoms in total. The lowest BCUT2D eigenvalue weighted by atomic mass is 10.0. The number of para-hydroxylation sites is 1. The Kier molecular flexibility index (Phi) is 5.30. The Morgan fingerprint density at radius 3 is 2.67 bits per heavy atom. The van der Waals surface area contributed by atoms with Crippen LogP contribution in [-0.2, 0) is 4.79 Å². The number of hydrogen-bond acceptors (Lipinski definition) is 4. The second kappa shape index (κ2) is 8.01. The molecule has 2 aromatic carbocycles. The molecule has 5 heteroatoms. The molecule has 2 aliphatic rings. The van der Waals surface area contributed by atoms with Crippen LogP contribution < -0.4 is 14.4 Å². The van der Waals surface area contributed by atoms with Crippen LogP contribution in [0.4, 0.5) is 5.69 Å². The van der Waals surface area contributed by atoms with Gasteiger partial charge >= 0.3 is 0 Å². The Labute approximate surface area is 160 Å². The van der Waals surface area contributed by atoms with Crippen LogP contribution in [0.3, 0.4) is 0 Å². The number of likely N-dealkylation sites (N-methyl/N-ethyl adjacent to an activating group) is 1. The highest BCUT2D eigenvalue weighted by atomic mass is 16.5. The molecule has 1 amide bonds. The minimum absolute atomic E-state index is 0.113. The molecule has 4 rings (SSSR count). The summed E-state index contributed by atoms with van der Waals surface area (Å²) in [6, 6.07) is 16.2. The van der Waals surface area contributed by atoms with E-state index in [1.165, 1.54) is 5.56 Å². The number of nitrogens with zero attached hydrogens (tertiary/aromatic N) is 2. The molecule has 0 N–H and O–H groups in total. The number of fused-ring (bicyclic) bond motifs is 1. The summed E-state index contributed by atoms with van der Waals surface area (Å²) in [5, 5.41) is 0. The van der Waals surface area contributed by atoms with E-state index in [1.807, 2.05) is 43.4 Å².